The number of para-hydroxylation sites is 1. The molecule has 0 spiro atoms. The van der Waals surface area contributed by atoms with E-state index in [2.05, 4.69) is 48.8 Å². The quantitative estimate of drug-likeness (QED) is 0.662. The van der Waals surface area contributed by atoms with Crippen molar-refractivity contribution in [3.05, 3.63) is 30.3 Å². The molecule has 0 radical (unpaired) electrons. The fourth-order valence-corrected chi connectivity index (χ4v) is 5.42. The summed E-state index contributed by atoms with van der Waals surface area (Å²) in [5.41, 5.74) is 1.24. The zero-order valence-corrected chi connectivity index (χ0v) is 18.4. The number of anilines is 2. The maximum atomic E-state index is 13.1. The van der Waals surface area contributed by atoms with Crippen molar-refractivity contribution in [1.29, 1.82) is 0 Å². The van der Waals surface area contributed by atoms with E-state index in [9.17, 15) is 4.79 Å². The Morgan fingerprint density at radius 2 is 1.67 bits per heavy atom. The topological polar surface area (TPSA) is 57.5 Å². The maximum absolute atomic E-state index is 13.1. The summed E-state index contributed by atoms with van der Waals surface area (Å²) in [6, 6.07) is 11.0. The SMILES string of the molecule is CC(Sc1nnc(N2CCCC2)n1C1CC1)C(=O)N1CCN(c2ccccc2)CC1. The Hall–Kier alpha value is -2.22. The highest BCUT2D eigenvalue weighted by Gasteiger charge is 2.34. The molecule has 3 heterocycles. The molecule has 3 fully saturated rings. The number of benzene rings is 1. The highest BCUT2D eigenvalue weighted by atomic mass is 32.2. The number of carbonyl (C=O) groups is 1. The van der Waals surface area contributed by atoms with Crippen LogP contribution in [0, 0.1) is 0 Å². The lowest BCUT2D eigenvalue weighted by Crippen LogP contribution is -2.50. The van der Waals surface area contributed by atoms with E-state index in [-0.39, 0.29) is 11.2 Å². The van der Waals surface area contributed by atoms with Crippen molar-refractivity contribution < 1.29 is 4.79 Å². The van der Waals surface area contributed by atoms with Gasteiger partial charge >= 0.3 is 0 Å². The second-order valence-corrected chi connectivity index (χ2v) is 9.79. The van der Waals surface area contributed by atoms with Crippen molar-refractivity contribution >= 4 is 29.3 Å². The monoisotopic (exact) mass is 426 g/mol. The van der Waals surface area contributed by atoms with Crippen molar-refractivity contribution in [2.45, 2.75) is 49.1 Å². The van der Waals surface area contributed by atoms with Gasteiger partial charge in [-0.2, -0.15) is 0 Å². The second-order valence-electron chi connectivity index (χ2n) is 8.49. The lowest BCUT2D eigenvalue weighted by molar-refractivity contribution is -0.130. The molecule has 5 rings (SSSR count). The number of carbonyl (C=O) groups excluding carboxylic acids is 1. The molecule has 30 heavy (non-hydrogen) atoms. The fourth-order valence-electron chi connectivity index (χ4n) is 4.42. The van der Waals surface area contributed by atoms with Crippen LogP contribution >= 0.6 is 11.8 Å². The molecule has 2 saturated heterocycles. The highest BCUT2D eigenvalue weighted by Crippen LogP contribution is 2.42. The number of nitrogens with zero attached hydrogens (tertiary/aromatic N) is 6. The number of rotatable bonds is 6. The largest absolute Gasteiger partial charge is 0.368 e. The van der Waals surface area contributed by atoms with Crippen LogP contribution < -0.4 is 9.80 Å². The van der Waals surface area contributed by atoms with Gasteiger partial charge in [0.2, 0.25) is 11.9 Å². The molecule has 0 N–H and O–H groups in total. The van der Waals surface area contributed by atoms with Crippen molar-refractivity contribution in [1.82, 2.24) is 19.7 Å². The molecule has 1 unspecified atom stereocenters. The third-order valence-corrected chi connectivity index (χ3v) is 7.33. The molecule has 1 aromatic heterocycles. The number of piperazine rings is 1. The van der Waals surface area contributed by atoms with Gasteiger partial charge < -0.3 is 14.7 Å². The van der Waals surface area contributed by atoms with Crippen LogP contribution in [0.5, 0.6) is 0 Å². The third kappa shape index (κ3) is 4.02. The van der Waals surface area contributed by atoms with Gasteiger partial charge in [-0.15, -0.1) is 10.2 Å². The summed E-state index contributed by atoms with van der Waals surface area (Å²) in [4.78, 5) is 19.8. The summed E-state index contributed by atoms with van der Waals surface area (Å²) in [7, 11) is 0. The van der Waals surface area contributed by atoms with Crippen LogP contribution in [-0.4, -0.2) is 70.1 Å². The fraction of sp³-hybridized carbons (Fsp3) is 0.591. The lowest BCUT2D eigenvalue weighted by atomic mass is 10.2. The Kier molecular flexibility index (Phi) is 5.58. The van der Waals surface area contributed by atoms with Crippen molar-refractivity contribution in [3.8, 4) is 0 Å². The third-order valence-electron chi connectivity index (χ3n) is 6.29. The van der Waals surface area contributed by atoms with E-state index in [1.165, 1.54) is 31.4 Å². The van der Waals surface area contributed by atoms with E-state index in [0.29, 0.717) is 6.04 Å². The zero-order chi connectivity index (χ0) is 20.5. The van der Waals surface area contributed by atoms with Crippen molar-refractivity contribution in [2.75, 3.05) is 49.1 Å². The smallest absolute Gasteiger partial charge is 0.236 e. The molecular weight excluding hydrogens is 396 g/mol. The normalized spacial score (nSPS) is 20.6. The number of hydrogen-bond acceptors (Lipinski definition) is 6. The van der Waals surface area contributed by atoms with Gasteiger partial charge in [-0.05, 0) is 44.7 Å². The highest BCUT2D eigenvalue weighted by molar-refractivity contribution is 8.00. The second kappa shape index (κ2) is 8.49. The minimum atomic E-state index is -0.151. The van der Waals surface area contributed by atoms with Gasteiger partial charge in [-0.3, -0.25) is 9.36 Å². The molecule has 0 bridgehead atoms. The molecule has 1 saturated carbocycles. The van der Waals surface area contributed by atoms with Crippen LogP contribution in [0.2, 0.25) is 0 Å². The first-order chi connectivity index (χ1) is 14.7. The number of aromatic nitrogens is 3. The Labute approximate surface area is 182 Å². The molecule has 1 aromatic carbocycles. The Morgan fingerprint density at radius 3 is 2.33 bits per heavy atom. The van der Waals surface area contributed by atoms with Gasteiger partial charge in [-0.25, -0.2) is 0 Å². The van der Waals surface area contributed by atoms with Crippen LogP contribution in [0.25, 0.3) is 0 Å². The van der Waals surface area contributed by atoms with E-state index in [1.54, 1.807) is 11.8 Å². The Bertz CT molecular complexity index is 869. The summed E-state index contributed by atoms with van der Waals surface area (Å²) in [5, 5.41) is 9.77. The first-order valence-corrected chi connectivity index (χ1v) is 12.0. The molecule has 2 aromatic rings. The van der Waals surface area contributed by atoms with E-state index >= 15 is 0 Å². The van der Waals surface area contributed by atoms with Crippen molar-refractivity contribution in [3.63, 3.8) is 0 Å². The van der Waals surface area contributed by atoms with Gasteiger partial charge in [0.1, 0.15) is 0 Å². The van der Waals surface area contributed by atoms with Gasteiger partial charge in [0.15, 0.2) is 5.16 Å². The molecule has 1 amide bonds. The molecule has 1 aliphatic carbocycles. The first kappa shape index (κ1) is 19.7. The first-order valence-electron chi connectivity index (χ1n) is 11.2. The summed E-state index contributed by atoms with van der Waals surface area (Å²) < 4.78 is 2.30. The van der Waals surface area contributed by atoms with Crippen LogP contribution in [0.4, 0.5) is 11.6 Å². The van der Waals surface area contributed by atoms with Gasteiger partial charge in [-0.1, -0.05) is 30.0 Å². The van der Waals surface area contributed by atoms with Gasteiger partial charge in [0, 0.05) is 51.0 Å². The van der Waals surface area contributed by atoms with E-state index < -0.39 is 0 Å². The molecule has 8 heteroatoms. The van der Waals surface area contributed by atoms with Crippen LogP contribution in [0.15, 0.2) is 35.5 Å². The summed E-state index contributed by atoms with van der Waals surface area (Å²) in [6.45, 7) is 7.44. The molecule has 1 atom stereocenters. The predicted octanol–water partition coefficient (Wildman–Crippen LogP) is 3.04. The Balaban J connectivity index is 1.22. The minimum Gasteiger partial charge on any atom is -0.368 e. The maximum Gasteiger partial charge on any atom is 0.236 e. The molecule has 160 valence electrons. The van der Waals surface area contributed by atoms with Crippen LogP contribution in [0.1, 0.15) is 38.6 Å². The average Bonchev–Trinajstić information content (AvgIpc) is 3.31. The van der Waals surface area contributed by atoms with E-state index in [1.807, 2.05) is 17.9 Å². The molecule has 3 aliphatic rings. The zero-order valence-electron chi connectivity index (χ0n) is 17.6. The Morgan fingerprint density at radius 1 is 0.967 bits per heavy atom. The lowest BCUT2D eigenvalue weighted by Gasteiger charge is -2.37. The summed E-state index contributed by atoms with van der Waals surface area (Å²) in [5.74, 6) is 1.22. The number of amides is 1. The van der Waals surface area contributed by atoms with E-state index in [0.717, 1.165) is 50.4 Å². The number of hydrogen-bond donors (Lipinski definition) is 0. The van der Waals surface area contributed by atoms with Crippen molar-refractivity contribution in [2.24, 2.45) is 0 Å². The molecule has 7 nitrogen and oxygen atoms in total. The van der Waals surface area contributed by atoms with Gasteiger partial charge in [0.05, 0.1) is 5.25 Å². The average molecular weight is 427 g/mol. The van der Waals surface area contributed by atoms with Crippen LogP contribution in [0.3, 0.4) is 0 Å². The van der Waals surface area contributed by atoms with E-state index in [4.69, 9.17) is 0 Å². The predicted molar refractivity (Wildman–Crippen MR) is 120 cm³/mol. The molecular formula is C22H30N6OS. The van der Waals surface area contributed by atoms with Gasteiger partial charge in [0.25, 0.3) is 0 Å². The number of thioether (sulfide) groups is 1. The minimum absolute atomic E-state index is 0.151. The molecule has 2 aliphatic heterocycles. The summed E-state index contributed by atoms with van der Waals surface area (Å²) >= 11 is 1.57. The standard InChI is InChI=1S/C22H30N6OS/c1-17(20(29)26-15-13-25(14-16-26)18-7-3-2-4-8-18)30-22-24-23-21(27-11-5-6-12-27)28(22)19-9-10-19/h2-4,7-8,17,19H,5-6,9-16H2,1H3. The van der Waals surface area contributed by atoms with Crippen LogP contribution in [-0.2, 0) is 4.79 Å². The summed E-state index contributed by atoms with van der Waals surface area (Å²) in [6.07, 6.45) is 4.83.